The minimum absolute atomic E-state index is 0.227. The first-order valence-electron chi connectivity index (χ1n) is 4.89. The maximum atomic E-state index is 11.8. The van der Waals surface area contributed by atoms with Crippen molar-refractivity contribution in [2.75, 3.05) is 6.54 Å². The Labute approximate surface area is 92.2 Å². The number of urea groups is 1. The summed E-state index contributed by atoms with van der Waals surface area (Å²) in [6.45, 7) is 2.30. The van der Waals surface area contributed by atoms with Crippen LogP contribution in [0.15, 0.2) is 0 Å². The average molecular weight is 238 g/mol. The molecule has 16 heavy (non-hydrogen) atoms. The number of carbonyl (C=O) groups excluding carboxylic acids is 1. The number of hydrogen-bond acceptors (Lipinski definition) is 2. The van der Waals surface area contributed by atoms with Crippen LogP contribution in [0.5, 0.6) is 0 Å². The molecule has 0 aromatic rings. The molecule has 1 unspecified atom stereocenters. The third-order valence-electron chi connectivity index (χ3n) is 2.03. The molecule has 0 fully saturated rings. The number of halogens is 2. The summed E-state index contributed by atoms with van der Waals surface area (Å²) in [6.07, 6.45) is -1.88. The largest absolute Gasteiger partial charge is 0.480 e. The number of aliphatic carboxylic acids is 1. The minimum atomic E-state index is -2.66. The second-order valence-corrected chi connectivity index (χ2v) is 3.61. The molecule has 0 radical (unpaired) electrons. The van der Waals surface area contributed by atoms with Crippen molar-refractivity contribution in [3.63, 3.8) is 0 Å². The number of amides is 2. The van der Waals surface area contributed by atoms with Gasteiger partial charge in [0.05, 0.1) is 6.54 Å². The van der Waals surface area contributed by atoms with Crippen molar-refractivity contribution >= 4 is 12.0 Å². The summed E-state index contributed by atoms with van der Waals surface area (Å²) in [5, 5.41) is 13.0. The van der Waals surface area contributed by atoms with Crippen LogP contribution in [-0.2, 0) is 4.79 Å². The summed E-state index contributed by atoms with van der Waals surface area (Å²) in [4.78, 5) is 22.0. The van der Waals surface area contributed by atoms with Gasteiger partial charge >= 0.3 is 12.0 Å². The molecule has 3 N–H and O–H groups in total. The van der Waals surface area contributed by atoms with Gasteiger partial charge in [-0.05, 0) is 13.3 Å². The standard InChI is InChI=1S/C9H16F2N2O3/c1-3-4-9(2,7(14)15)13-8(16)12-5-6(10)11/h6H,3-5H2,1-2H3,(H,14,15)(H2,12,13,16). The van der Waals surface area contributed by atoms with Gasteiger partial charge in [-0.3, -0.25) is 0 Å². The molecule has 0 aromatic heterocycles. The Morgan fingerprint density at radius 2 is 2.00 bits per heavy atom. The molecule has 0 bridgehead atoms. The lowest BCUT2D eigenvalue weighted by Gasteiger charge is -2.25. The summed E-state index contributed by atoms with van der Waals surface area (Å²) in [7, 11) is 0. The summed E-state index contributed by atoms with van der Waals surface area (Å²) >= 11 is 0. The van der Waals surface area contributed by atoms with Gasteiger partial charge in [0, 0.05) is 0 Å². The number of rotatable bonds is 6. The van der Waals surface area contributed by atoms with Crippen molar-refractivity contribution < 1.29 is 23.5 Å². The van der Waals surface area contributed by atoms with Gasteiger partial charge in [-0.1, -0.05) is 13.3 Å². The molecule has 0 heterocycles. The highest BCUT2D eigenvalue weighted by atomic mass is 19.3. The predicted octanol–water partition coefficient (Wildman–Crippen LogP) is 1.19. The van der Waals surface area contributed by atoms with Crippen molar-refractivity contribution in [1.29, 1.82) is 0 Å². The molecule has 0 aromatic carbocycles. The van der Waals surface area contributed by atoms with Crippen molar-refractivity contribution in [1.82, 2.24) is 10.6 Å². The molecule has 0 saturated heterocycles. The summed E-state index contributed by atoms with van der Waals surface area (Å²) < 4.78 is 23.6. The Bertz CT molecular complexity index is 261. The number of nitrogens with one attached hydrogen (secondary N) is 2. The SMILES string of the molecule is CCCC(C)(NC(=O)NCC(F)F)C(=O)O. The molecule has 2 amide bonds. The van der Waals surface area contributed by atoms with Gasteiger partial charge in [0.25, 0.3) is 6.43 Å². The van der Waals surface area contributed by atoms with Gasteiger partial charge in [-0.25, -0.2) is 18.4 Å². The molecular weight excluding hydrogens is 222 g/mol. The van der Waals surface area contributed by atoms with Crippen molar-refractivity contribution in [2.45, 2.75) is 38.7 Å². The Morgan fingerprint density at radius 1 is 1.44 bits per heavy atom. The lowest BCUT2D eigenvalue weighted by Crippen LogP contribution is -2.55. The number of carbonyl (C=O) groups is 2. The quantitative estimate of drug-likeness (QED) is 0.650. The number of alkyl halides is 2. The topological polar surface area (TPSA) is 78.4 Å². The van der Waals surface area contributed by atoms with E-state index < -0.39 is 30.5 Å². The van der Waals surface area contributed by atoms with Crippen LogP contribution in [-0.4, -0.2) is 35.6 Å². The van der Waals surface area contributed by atoms with Crippen LogP contribution in [0.1, 0.15) is 26.7 Å². The molecule has 7 heteroatoms. The molecule has 0 spiro atoms. The highest BCUT2D eigenvalue weighted by Gasteiger charge is 2.33. The molecular formula is C9H16F2N2O3. The van der Waals surface area contributed by atoms with E-state index in [9.17, 15) is 18.4 Å². The average Bonchev–Trinajstić information content (AvgIpc) is 2.14. The van der Waals surface area contributed by atoms with E-state index in [4.69, 9.17) is 5.11 Å². The second kappa shape index (κ2) is 6.24. The van der Waals surface area contributed by atoms with Crippen molar-refractivity contribution in [3.05, 3.63) is 0 Å². The van der Waals surface area contributed by atoms with Crippen molar-refractivity contribution in [2.24, 2.45) is 0 Å². The maximum absolute atomic E-state index is 11.8. The van der Waals surface area contributed by atoms with E-state index in [1.165, 1.54) is 6.92 Å². The molecule has 0 saturated carbocycles. The van der Waals surface area contributed by atoms with Crippen LogP contribution in [0.25, 0.3) is 0 Å². The Morgan fingerprint density at radius 3 is 2.38 bits per heavy atom. The number of hydrogen-bond donors (Lipinski definition) is 3. The third-order valence-corrected chi connectivity index (χ3v) is 2.03. The van der Waals surface area contributed by atoms with Crippen LogP contribution in [0, 0.1) is 0 Å². The molecule has 0 aliphatic heterocycles. The van der Waals surface area contributed by atoms with Crippen molar-refractivity contribution in [3.8, 4) is 0 Å². The molecule has 0 aliphatic rings. The van der Waals surface area contributed by atoms with Gasteiger partial charge in [0.1, 0.15) is 5.54 Å². The molecule has 0 aliphatic carbocycles. The van der Waals surface area contributed by atoms with Crippen LogP contribution in [0.2, 0.25) is 0 Å². The van der Waals surface area contributed by atoms with E-state index in [1.807, 2.05) is 5.32 Å². The highest BCUT2D eigenvalue weighted by Crippen LogP contribution is 2.12. The van der Waals surface area contributed by atoms with E-state index in [-0.39, 0.29) is 6.42 Å². The fourth-order valence-electron chi connectivity index (χ4n) is 1.19. The van der Waals surface area contributed by atoms with Gasteiger partial charge in [0.2, 0.25) is 0 Å². The summed E-state index contributed by atoms with van der Waals surface area (Å²) in [5.41, 5.74) is -1.43. The van der Waals surface area contributed by atoms with Crippen LogP contribution in [0.4, 0.5) is 13.6 Å². The molecule has 94 valence electrons. The highest BCUT2D eigenvalue weighted by molar-refractivity contribution is 5.85. The van der Waals surface area contributed by atoms with Gasteiger partial charge < -0.3 is 15.7 Å². The first-order chi connectivity index (χ1) is 7.31. The van der Waals surface area contributed by atoms with Crippen LogP contribution >= 0.6 is 0 Å². The van der Waals surface area contributed by atoms with E-state index in [0.717, 1.165) is 0 Å². The third kappa shape index (κ3) is 4.90. The van der Waals surface area contributed by atoms with Gasteiger partial charge in [-0.15, -0.1) is 0 Å². The normalized spacial score (nSPS) is 14.3. The van der Waals surface area contributed by atoms with Crippen LogP contribution < -0.4 is 10.6 Å². The van der Waals surface area contributed by atoms with E-state index in [2.05, 4.69) is 5.32 Å². The number of carboxylic acids is 1. The zero-order valence-electron chi connectivity index (χ0n) is 9.22. The molecule has 0 rings (SSSR count). The summed E-state index contributed by atoms with van der Waals surface area (Å²) in [5.74, 6) is -1.19. The lowest BCUT2D eigenvalue weighted by molar-refractivity contribution is -0.144. The Kier molecular flexibility index (Phi) is 5.69. The zero-order chi connectivity index (χ0) is 12.8. The lowest BCUT2D eigenvalue weighted by atomic mass is 9.97. The maximum Gasteiger partial charge on any atom is 0.329 e. The first-order valence-corrected chi connectivity index (χ1v) is 4.89. The monoisotopic (exact) mass is 238 g/mol. The minimum Gasteiger partial charge on any atom is -0.480 e. The molecule has 1 atom stereocenters. The Hall–Kier alpha value is -1.40. The zero-order valence-corrected chi connectivity index (χ0v) is 9.22. The second-order valence-electron chi connectivity index (χ2n) is 3.61. The Balaban J connectivity index is 4.30. The predicted molar refractivity (Wildman–Crippen MR) is 53.5 cm³/mol. The molecule has 5 nitrogen and oxygen atoms in total. The fourth-order valence-corrected chi connectivity index (χ4v) is 1.19. The van der Waals surface area contributed by atoms with E-state index in [0.29, 0.717) is 6.42 Å². The number of carboxylic acid groups (broad SMARTS) is 1. The first kappa shape index (κ1) is 14.6. The smallest absolute Gasteiger partial charge is 0.329 e. The van der Waals surface area contributed by atoms with Gasteiger partial charge in [0.15, 0.2) is 0 Å². The fraction of sp³-hybridized carbons (Fsp3) is 0.778. The van der Waals surface area contributed by atoms with E-state index in [1.54, 1.807) is 6.92 Å². The van der Waals surface area contributed by atoms with Gasteiger partial charge in [-0.2, -0.15) is 0 Å². The van der Waals surface area contributed by atoms with E-state index >= 15 is 0 Å². The van der Waals surface area contributed by atoms with Crippen LogP contribution in [0.3, 0.4) is 0 Å². The summed E-state index contributed by atoms with van der Waals surface area (Å²) in [6, 6.07) is -0.904.